The number of amides is 1. The van der Waals surface area contributed by atoms with Crippen LogP contribution in [0.2, 0.25) is 0 Å². The van der Waals surface area contributed by atoms with Crippen LogP contribution in [0, 0.1) is 11.8 Å². The molecule has 0 aromatic carbocycles. The van der Waals surface area contributed by atoms with E-state index in [1.807, 2.05) is 13.8 Å². The Morgan fingerprint density at radius 1 is 1.60 bits per heavy atom. The van der Waals surface area contributed by atoms with Crippen molar-refractivity contribution in [1.82, 2.24) is 5.48 Å². The zero-order valence-corrected chi connectivity index (χ0v) is 6.72. The average Bonchev–Trinajstić information content (AvgIpc) is 2.00. The fourth-order valence-electron chi connectivity index (χ4n) is 0.714. The van der Waals surface area contributed by atoms with E-state index in [1.54, 1.807) is 12.4 Å². The molecule has 3 heteroatoms. The van der Waals surface area contributed by atoms with Gasteiger partial charge < -0.3 is 0 Å². The number of rotatable bonds is 3. The maximum absolute atomic E-state index is 10.8. The molecule has 10 heavy (non-hydrogen) atoms. The highest BCUT2D eigenvalue weighted by Crippen LogP contribution is 2.13. The summed E-state index contributed by atoms with van der Waals surface area (Å²) in [4.78, 5) is 10.8. The van der Waals surface area contributed by atoms with Crippen LogP contribution in [0.25, 0.3) is 0 Å². The predicted octanol–water partition coefficient (Wildman–Crippen LogP) is 1.17. The van der Waals surface area contributed by atoms with Crippen LogP contribution in [0.15, 0.2) is 0 Å². The molecule has 0 radical (unpaired) electrons. The largest absolute Gasteiger partial charge is 0.289 e. The van der Waals surface area contributed by atoms with E-state index in [2.05, 4.69) is 0 Å². The molecular weight excluding hydrogens is 130 g/mol. The van der Waals surface area contributed by atoms with Gasteiger partial charge in [0, 0.05) is 5.92 Å². The number of nitrogens with one attached hydrogen (secondary N) is 1. The third-order valence-electron chi connectivity index (χ3n) is 2.02. The molecule has 0 saturated carbocycles. The van der Waals surface area contributed by atoms with Crippen molar-refractivity contribution in [3.05, 3.63) is 0 Å². The van der Waals surface area contributed by atoms with Crippen molar-refractivity contribution in [2.24, 2.45) is 11.8 Å². The van der Waals surface area contributed by atoms with Crippen molar-refractivity contribution in [2.75, 3.05) is 0 Å². The molecule has 0 aromatic rings. The van der Waals surface area contributed by atoms with E-state index in [0.29, 0.717) is 5.92 Å². The van der Waals surface area contributed by atoms with Gasteiger partial charge >= 0.3 is 0 Å². The van der Waals surface area contributed by atoms with E-state index in [0.717, 1.165) is 6.42 Å². The molecule has 0 spiro atoms. The van der Waals surface area contributed by atoms with Gasteiger partial charge in [-0.15, -0.1) is 0 Å². The molecular formula is C7H15NO2. The van der Waals surface area contributed by atoms with Gasteiger partial charge in [0.2, 0.25) is 5.91 Å². The van der Waals surface area contributed by atoms with Crippen molar-refractivity contribution in [3.63, 3.8) is 0 Å². The smallest absolute Gasteiger partial charge is 0.246 e. The first-order valence-electron chi connectivity index (χ1n) is 3.57. The fraction of sp³-hybridized carbons (Fsp3) is 0.857. The summed E-state index contributed by atoms with van der Waals surface area (Å²) in [6.07, 6.45) is 0.953. The second-order valence-corrected chi connectivity index (χ2v) is 2.65. The molecule has 0 aliphatic rings. The molecule has 0 aromatic heterocycles. The first-order valence-corrected chi connectivity index (χ1v) is 3.57. The predicted molar refractivity (Wildman–Crippen MR) is 38.5 cm³/mol. The lowest BCUT2D eigenvalue weighted by Gasteiger charge is -2.14. The van der Waals surface area contributed by atoms with Crippen LogP contribution in [0.5, 0.6) is 0 Å². The maximum atomic E-state index is 10.8. The van der Waals surface area contributed by atoms with Gasteiger partial charge in [-0.3, -0.25) is 10.0 Å². The summed E-state index contributed by atoms with van der Waals surface area (Å²) in [5, 5.41) is 8.25. The first kappa shape index (κ1) is 9.43. The second kappa shape index (κ2) is 4.28. The third-order valence-corrected chi connectivity index (χ3v) is 2.02. The van der Waals surface area contributed by atoms with Gasteiger partial charge in [0.1, 0.15) is 0 Å². The Morgan fingerprint density at radius 3 is 2.40 bits per heavy atom. The summed E-state index contributed by atoms with van der Waals surface area (Å²) in [7, 11) is 0. The highest BCUT2D eigenvalue weighted by Gasteiger charge is 2.17. The maximum Gasteiger partial charge on any atom is 0.246 e. The van der Waals surface area contributed by atoms with Crippen LogP contribution in [-0.4, -0.2) is 11.1 Å². The topological polar surface area (TPSA) is 49.3 Å². The van der Waals surface area contributed by atoms with Crippen molar-refractivity contribution >= 4 is 5.91 Å². The second-order valence-electron chi connectivity index (χ2n) is 2.65. The minimum Gasteiger partial charge on any atom is -0.289 e. The molecule has 2 atom stereocenters. The quantitative estimate of drug-likeness (QED) is 0.462. The van der Waals surface area contributed by atoms with Crippen LogP contribution >= 0.6 is 0 Å². The monoisotopic (exact) mass is 145 g/mol. The van der Waals surface area contributed by atoms with Crippen LogP contribution in [0.1, 0.15) is 27.2 Å². The number of hydrogen-bond acceptors (Lipinski definition) is 2. The van der Waals surface area contributed by atoms with Crippen molar-refractivity contribution in [1.29, 1.82) is 0 Å². The van der Waals surface area contributed by atoms with E-state index in [4.69, 9.17) is 5.21 Å². The Bertz CT molecular complexity index is 114. The molecule has 0 saturated heterocycles. The molecule has 60 valence electrons. The number of hydrogen-bond donors (Lipinski definition) is 2. The number of carbonyl (C=O) groups is 1. The normalized spacial score (nSPS) is 16.0. The molecule has 3 nitrogen and oxygen atoms in total. The lowest BCUT2D eigenvalue weighted by Crippen LogP contribution is -2.29. The lowest BCUT2D eigenvalue weighted by atomic mass is 9.93. The molecule has 1 amide bonds. The standard InChI is InChI=1S/C7H15NO2/c1-4-5(2)6(3)7(9)8-10/h5-6,10H,4H2,1-3H3,(H,8,9)/t5-,6?/m1/s1. The van der Waals surface area contributed by atoms with Gasteiger partial charge in [0.05, 0.1) is 0 Å². The van der Waals surface area contributed by atoms with Crippen molar-refractivity contribution in [3.8, 4) is 0 Å². The summed E-state index contributed by atoms with van der Waals surface area (Å²) in [6, 6.07) is 0. The van der Waals surface area contributed by atoms with Crippen LogP contribution < -0.4 is 5.48 Å². The van der Waals surface area contributed by atoms with Crippen LogP contribution in [-0.2, 0) is 4.79 Å². The SMILES string of the molecule is CC[C@@H](C)C(C)C(=O)NO. The van der Waals surface area contributed by atoms with Gasteiger partial charge in [-0.2, -0.15) is 0 Å². The molecule has 0 bridgehead atoms. The Morgan fingerprint density at radius 2 is 2.10 bits per heavy atom. The molecule has 0 aliphatic heterocycles. The zero-order valence-electron chi connectivity index (χ0n) is 6.72. The zero-order chi connectivity index (χ0) is 8.15. The molecule has 0 heterocycles. The molecule has 1 unspecified atom stereocenters. The summed E-state index contributed by atoms with van der Waals surface area (Å²) < 4.78 is 0. The van der Waals surface area contributed by atoms with Gasteiger partial charge in [0.25, 0.3) is 0 Å². The minimum atomic E-state index is -0.297. The fourth-order valence-corrected chi connectivity index (χ4v) is 0.714. The van der Waals surface area contributed by atoms with Crippen molar-refractivity contribution < 1.29 is 10.0 Å². The van der Waals surface area contributed by atoms with Gasteiger partial charge in [-0.1, -0.05) is 27.2 Å². The third kappa shape index (κ3) is 2.35. The van der Waals surface area contributed by atoms with Gasteiger partial charge in [-0.05, 0) is 5.92 Å². The molecule has 0 rings (SSSR count). The minimum absolute atomic E-state index is 0.102. The summed E-state index contributed by atoms with van der Waals surface area (Å²) in [5.74, 6) is -0.0727. The van der Waals surface area contributed by atoms with Crippen LogP contribution in [0.3, 0.4) is 0 Å². The summed E-state index contributed by atoms with van der Waals surface area (Å²) in [5.41, 5.74) is 1.64. The molecule has 0 aliphatic carbocycles. The van der Waals surface area contributed by atoms with E-state index >= 15 is 0 Å². The Balaban J connectivity index is 3.81. The Labute approximate surface area is 61.4 Å². The average molecular weight is 145 g/mol. The van der Waals surface area contributed by atoms with Crippen molar-refractivity contribution in [2.45, 2.75) is 27.2 Å². The summed E-state index contributed by atoms with van der Waals surface area (Å²) >= 11 is 0. The highest BCUT2D eigenvalue weighted by molar-refractivity contribution is 5.77. The van der Waals surface area contributed by atoms with Gasteiger partial charge in [0.15, 0.2) is 0 Å². The molecule has 2 N–H and O–H groups in total. The van der Waals surface area contributed by atoms with Crippen LogP contribution in [0.4, 0.5) is 0 Å². The lowest BCUT2D eigenvalue weighted by molar-refractivity contribution is -0.134. The number of hydroxylamine groups is 1. The first-order chi connectivity index (χ1) is 4.63. The Kier molecular flexibility index (Phi) is 4.03. The van der Waals surface area contributed by atoms with E-state index in [9.17, 15) is 4.79 Å². The van der Waals surface area contributed by atoms with E-state index in [-0.39, 0.29) is 11.8 Å². The molecule has 0 fully saturated rings. The Hall–Kier alpha value is -0.570. The van der Waals surface area contributed by atoms with E-state index in [1.165, 1.54) is 0 Å². The summed E-state index contributed by atoms with van der Waals surface area (Å²) in [6.45, 7) is 5.81. The number of carbonyl (C=O) groups excluding carboxylic acids is 1. The van der Waals surface area contributed by atoms with E-state index < -0.39 is 0 Å². The van der Waals surface area contributed by atoms with Gasteiger partial charge in [-0.25, -0.2) is 5.48 Å². The highest BCUT2D eigenvalue weighted by atomic mass is 16.5.